The molecular formula is C13H14ClN3O. The average Bonchev–Trinajstić information content (AvgIpc) is 2.28. The van der Waals surface area contributed by atoms with Gasteiger partial charge in [0.05, 0.1) is 7.11 Å². The second-order valence-corrected chi connectivity index (χ2v) is 4.50. The van der Waals surface area contributed by atoms with Crippen molar-refractivity contribution in [1.82, 2.24) is 15.2 Å². The van der Waals surface area contributed by atoms with Crippen LogP contribution in [0.5, 0.6) is 5.75 Å². The fraction of sp³-hybridized carbons (Fsp3) is 0.308. The lowest BCUT2D eigenvalue weighted by atomic mass is 10.0. The van der Waals surface area contributed by atoms with Crippen molar-refractivity contribution in [3.8, 4) is 17.0 Å². The first-order valence-electron chi connectivity index (χ1n) is 5.55. The Balaban J connectivity index is 2.58. The molecule has 0 unspecified atom stereocenters. The first kappa shape index (κ1) is 12.8. The van der Waals surface area contributed by atoms with Crippen molar-refractivity contribution in [3.63, 3.8) is 0 Å². The van der Waals surface area contributed by atoms with E-state index in [1.165, 1.54) is 0 Å². The van der Waals surface area contributed by atoms with Crippen LogP contribution in [0.15, 0.2) is 12.1 Å². The molecule has 0 fully saturated rings. The highest BCUT2D eigenvalue weighted by atomic mass is 35.5. The molecule has 2 rings (SSSR count). The summed E-state index contributed by atoms with van der Waals surface area (Å²) in [6.45, 7) is 5.73. The minimum Gasteiger partial charge on any atom is -0.496 e. The molecule has 0 saturated carbocycles. The molecule has 1 heterocycles. The molecule has 0 radical (unpaired) electrons. The van der Waals surface area contributed by atoms with Gasteiger partial charge < -0.3 is 4.74 Å². The number of ether oxygens (including phenoxy) is 1. The summed E-state index contributed by atoms with van der Waals surface area (Å²) >= 11 is 6.10. The maximum Gasteiger partial charge on any atom is 0.159 e. The van der Waals surface area contributed by atoms with Crippen molar-refractivity contribution in [1.29, 1.82) is 0 Å². The molecule has 5 heteroatoms. The van der Waals surface area contributed by atoms with Crippen LogP contribution in [0.3, 0.4) is 0 Å². The number of hydrogen-bond acceptors (Lipinski definition) is 4. The second-order valence-electron chi connectivity index (χ2n) is 4.14. The Kier molecular flexibility index (Phi) is 3.48. The standard InChI is InChI=1S/C13H14ClN3O/c1-7-5-10(6-8(2)12(7)18-4)11-13(14)15-9(3)16-17-11/h5-6H,1-4H3. The molecule has 0 aliphatic rings. The van der Waals surface area contributed by atoms with E-state index in [2.05, 4.69) is 15.2 Å². The smallest absolute Gasteiger partial charge is 0.159 e. The maximum atomic E-state index is 6.10. The number of methoxy groups -OCH3 is 1. The van der Waals surface area contributed by atoms with Gasteiger partial charge in [-0.05, 0) is 44.0 Å². The number of hydrogen-bond donors (Lipinski definition) is 0. The van der Waals surface area contributed by atoms with Crippen LogP contribution in [0.2, 0.25) is 5.15 Å². The molecule has 0 saturated heterocycles. The largest absolute Gasteiger partial charge is 0.496 e. The monoisotopic (exact) mass is 263 g/mol. The van der Waals surface area contributed by atoms with Gasteiger partial charge in [-0.1, -0.05) is 11.6 Å². The number of aromatic nitrogens is 3. The fourth-order valence-corrected chi connectivity index (χ4v) is 2.24. The van der Waals surface area contributed by atoms with Gasteiger partial charge in [-0.25, -0.2) is 4.98 Å². The molecule has 94 valence electrons. The van der Waals surface area contributed by atoms with Gasteiger partial charge in [0.1, 0.15) is 17.3 Å². The minimum absolute atomic E-state index is 0.367. The summed E-state index contributed by atoms with van der Waals surface area (Å²) in [5.41, 5.74) is 3.56. The highest BCUT2D eigenvalue weighted by Gasteiger charge is 2.12. The van der Waals surface area contributed by atoms with E-state index in [9.17, 15) is 0 Å². The van der Waals surface area contributed by atoms with Gasteiger partial charge in [0.25, 0.3) is 0 Å². The lowest BCUT2D eigenvalue weighted by molar-refractivity contribution is 0.408. The van der Waals surface area contributed by atoms with Gasteiger partial charge in [-0.3, -0.25) is 0 Å². The van der Waals surface area contributed by atoms with Gasteiger partial charge >= 0.3 is 0 Å². The summed E-state index contributed by atoms with van der Waals surface area (Å²) in [6, 6.07) is 3.94. The molecule has 0 aliphatic heterocycles. The number of benzene rings is 1. The molecule has 1 aromatic heterocycles. The van der Waals surface area contributed by atoms with E-state index in [1.54, 1.807) is 14.0 Å². The van der Waals surface area contributed by atoms with Crippen molar-refractivity contribution < 1.29 is 4.74 Å². The Morgan fingerprint density at radius 2 is 1.67 bits per heavy atom. The summed E-state index contributed by atoms with van der Waals surface area (Å²) in [4.78, 5) is 4.11. The summed E-state index contributed by atoms with van der Waals surface area (Å²) in [7, 11) is 1.66. The molecule has 0 bridgehead atoms. The number of halogens is 1. The summed E-state index contributed by atoms with van der Waals surface area (Å²) in [6.07, 6.45) is 0. The van der Waals surface area contributed by atoms with Crippen LogP contribution < -0.4 is 4.74 Å². The van der Waals surface area contributed by atoms with E-state index in [0.717, 1.165) is 22.4 Å². The first-order chi connectivity index (χ1) is 8.52. The zero-order valence-electron chi connectivity index (χ0n) is 10.8. The lowest BCUT2D eigenvalue weighted by Gasteiger charge is -2.11. The van der Waals surface area contributed by atoms with E-state index in [1.807, 2.05) is 26.0 Å². The molecule has 2 aromatic rings. The molecule has 0 aliphatic carbocycles. The molecule has 0 amide bonds. The zero-order valence-corrected chi connectivity index (χ0v) is 11.5. The Hall–Kier alpha value is -1.68. The Morgan fingerprint density at radius 1 is 1.06 bits per heavy atom. The number of rotatable bonds is 2. The van der Waals surface area contributed by atoms with Crippen LogP contribution in [-0.4, -0.2) is 22.3 Å². The maximum absolute atomic E-state index is 6.10. The number of aryl methyl sites for hydroxylation is 3. The fourth-order valence-electron chi connectivity index (χ4n) is 1.97. The van der Waals surface area contributed by atoms with Gasteiger partial charge in [0.15, 0.2) is 5.15 Å². The molecule has 0 spiro atoms. The van der Waals surface area contributed by atoms with E-state index in [4.69, 9.17) is 16.3 Å². The van der Waals surface area contributed by atoms with Crippen molar-refractivity contribution in [3.05, 3.63) is 34.2 Å². The zero-order chi connectivity index (χ0) is 13.3. The van der Waals surface area contributed by atoms with Crippen LogP contribution in [0.25, 0.3) is 11.3 Å². The minimum atomic E-state index is 0.367. The average molecular weight is 264 g/mol. The lowest BCUT2D eigenvalue weighted by Crippen LogP contribution is -1.98. The summed E-state index contributed by atoms with van der Waals surface area (Å²) < 4.78 is 5.33. The third-order valence-corrected chi connectivity index (χ3v) is 2.95. The van der Waals surface area contributed by atoms with Crippen molar-refractivity contribution in [2.45, 2.75) is 20.8 Å². The molecule has 18 heavy (non-hydrogen) atoms. The summed E-state index contributed by atoms with van der Waals surface area (Å²) in [5, 5.41) is 8.41. The van der Waals surface area contributed by atoms with Crippen molar-refractivity contribution in [2.75, 3.05) is 7.11 Å². The van der Waals surface area contributed by atoms with Crippen molar-refractivity contribution in [2.24, 2.45) is 0 Å². The molecular weight excluding hydrogens is 250 g/mol. The van der Waals surface area contributed by atoms with E-state index in [-0.39, 0.29) is 0 Å². The Bertz CT molecular complexity index is 576. The Morgan fingerprint density at radius 3 is 2.17 bits per heavy atom. The van der Waals surface area contributed by atoms with Gasteiger partial charge in [-0.15, -0.1) is 10.2 Å². The van der Waals surface area contributed by atoms with Gasteiger partial charge in [-0.2, -0.15) is 0 Å². The highest BCUT2D eigenvalue weighted by Crippen LogP contribution is 2.31. The normalized spacial score (nSPS) is 10.5. The van der Waals surface area contributed by atoms with Crippen LogP contribution in [0.1, 0.15) is 17.0 Å². The Labute approximate surface area is 111 Å². The van der Waals surface area contributed by atoms with Crippen LogP contribution in [0.4, 0.5) is 0 Å². The predicted octanol–water partition coefficient (Wildman–Crippen LogP) is 3.13. The molecule has 4 nitrogen and oxygen atoms in total. The van der Waals surface area contributed by atoms with Crippen molar-refractivity contribution >= 4 is 11.6 Å². The van der Waals surface area contributed by atoms with E-state index >= 15 is 0 Å². The molecule has 0 N–H and O–H groups in total. The van der Waals surface area contributed by atoms with Crippen LogP contribution in [-0.2, 0) is 0 Å². The van der Waals surface area contributed by atoms with E-state index < -0.39 is 0 Å². The molecule has 1 aromatic carbocycles. The molecule has 0 atom stereocenters. The first-order valence-corrected chi connectivity index (χ1v) is 5.93. The van der Waals surface area contributed by atoms with Crippen LogP contribution >= 0.6 is 11.6 Å². The third kappa shape index (κ3) is 2.29. The van der Waals surface area contributed by atoms with Crippen LogP contribution in [0, 0.1) is 20.8 Å². The quantitative estimate of drug-likeness (QED) is 0.835. The third-order valence-electron chi connectivity index (χ3n) is 2.69. The summed E-state index contributed by atoms with van der Waals surface area (Å²) in [5.74, 6) is 1.44. The van der Waals surface area contributed by atoms with Gasteiger partial charge in [0, 0.05) is 5.56 Å². The van der Waals surface area contributed by atoms with E-state index in [0.29, 0.717) is 16.7 Å². The SMILES string of the molecule is COc1c(C)cc(-c2nnc(C)nc2Cl)cc1C. The topological polar surface area (TPSA) is 47.9 Å². The predicted molar refractivity (Wildman–Crippen MR) is 71.0 cm³/mol. The van der Waals surface area contributed by atoms with Gasteiger partial charge in [0.2, 0.25) is 0 Å². The number of nitrogens with zero attached hydrogens (tertiary/aromatic N) is 3. The second kappa shape index (κ2) is 4.90. The highest BCUT2D eigenvalue weighted by molar-refractivity contribution is 6.31.